The van der Waals surface area contributed by atoms with Gasteiger partial charge in [0, 0.05) is 98.1 Å². The Kier molecular flexibility index (Phi) is 122. The molecule has 0 saturated carbocycles. The molecule has 0 bridgehead atoms. The monoisotopic (exact) mass is 356 g/mol. The van der Waals surface area contributed by atoms with Crippen molar-refractivity contribution < 1.29 is 72.0 Å². The van der Waals surface area contributed by atoms with Crippen LogP contribution in [0.1, 0.15) is 0 Å². The van der Waals surface area contributed by atoms with Crippen molar-refractivity contribution in [1.29, 1.82) is 0 Å². The third-order valence-electron chi connectivity index (χ3n) is 0. The van der Waals surface area contributed by atoms with Gasteiger partial charge in [-0.05, 0) is 0 Å². The van der Waals surface area contributed by atoms with Crippen LogP contribution in [-0.4, -0.2) is 45.5 Å². The minimum Gasteiger partial charge on any atom is 0 e. The van der Waals surface area contributed by atoms with Crippen molar-refractivity contribution in [3.8, 4) is 0 Å². The van der Waals surface area contributed by atoms with Gasteiger partial charge in [-0.3, -0.25) is 0 Å². The molecule has 0 aromatic carbocycles. The predicted molar refractivity (Wildman–Crippen MR) is 6.44 cm³/mol. The van der Waals surface area contributed by atoms with E-state index < -0.39 is 0 Å². The summed E-state index contributed by atoms with van der Waals surface area (Å²) in [5, 5.41) is 0. The summed E-state index contributed by atoms with van der Waals surface area (Å²) in [5.41, 5.74) is 0. The largest absolute Gasteiger partial charge is 0 e. The van der Waals surface area contributed by atoms with Crippen LogP contribution in [0.15, 0.2) is 0 Å². The maximum atomic E-state index is 7.88. The summed E-state index contributed by atoms with van der Waals surface area (Å²) < 4.78 is 7.88. The van der Waals surface area contributed by atoms with Gasteiger partial charge in [-0.15, -0.1) is 0 Å². The fourth-order valence-electron chi connectivity index (χ4n) is 0. The third kappa shape index (κ3) is 18.5. The van der Waals surface area contributed by atoms with Gasteiger partial charge in [0.05, 0.1) is 0 Å². The second-order valence-electron chi connectivity index (χ2n) is 0. The zero-order valence-corrected chi connectivity index (χ0v) is 11.7. The molecule has 0 spiro atoms. The molecule has 0 unspecified atom stereocenters. The summed E-state index contributed by atoms with van der Waals surface area (Å²) in [6, 6.07) is 0. The van der Waals surface area contributed by atoms with Crippen molar-refractivity contribution in [3.05, 3.63) is 0 Å². The molecule has 5 heteroatoms. The van der Waals surface area contributed by atoms with Gasteiger partial charge in [0.25, 0.3) is 0 Å². The summed E-state index contributed by atoms with van der Waals surface area (Å²) in [4.78, 5) is 0. The van der Waals surface area contributed by atoms with E-state index in [1.807, 2.05) is 0 Å². The number of rotatable bonds is 0. The summed E-state index contributed by atoms with van der Waals surface area (Å²) >= 11 is 2.62. The molecule has 0 heterocycles. The van der Waals surface area contributed by atoms with E-state index in [1.54, 1.807) is 0 Å². The summed E-state index contributed by atoms with van der Waals surface area (Å²) in [6.07, 6.45) is 0. The molecular weight excluding hydrogens is 356 g/mol. The maximum absolute atomic E-state index is 7.88. The van der Waals surface area contributed by atoms with Crippen molar-refractivity contribution in [2.24, 2.45) is 0 Å². The molecule has 0 atom stereocenters. The topological polar surface area (TPSA) is 17.1 Å². The molecule has 0 fully saturated rings. The van der Waals surface area contributed by atoms with Crippen LogP contribution in [0.5, 0.6) is 0 Å². The molecular formula is LaMnNiOSr. The van der Waals surface area contributed by atoms with Crippen LogP contribution in [0.3, 0.4) is 0 Å². The summed E-state index contributed by atoms with van der Waals surface area (Å²) in [7, 11) is 0. The molecule has 5 heavy (non-hydrogen) atoms. The molecule has 0 amide bonds. The molecule has 0 aromatic heterocycles. The van der Waals surface area contributed by atoms with Gasteiger partial charge in [-0.25, -0.2) is 0 Å². The van der Waals surface area contributed by atoms with Crippen LogP contribution in [0.25, 0.3) is 0 Å². The molecule has 1 nitrogen and oxygen atoms in total. The van der Waals surface area contributed by atoms with E-state index in [-0.39, 0.29) is 98.1 Å². The molecule has 0 aliphatic carbocycles. The molecule has 0 aliphatic heterocycles. The second kappa shape index (κ2) is 25.9. The Morgan fingerprint density at radius 1 is 1.20 bits per heavy atom. The third-order valence-corrected chi connectivity index (χ3v) is 0. The predicted octanol–water partition coefficient (Wildman–Crippen LogP) is -0.505. The second-order valence-corrected chi connectivity index (χ2v) is 0. The first-order valence-corrected chi connectivity index (χ1v) is 0.532. The van der Waals surface area contributed by atoms with Crippen LogP contribution in [0.4, 0.5) is 0 Å². The Bertz CT molecular complexity index is 11.6. The number of hydrogen-bond acceptors (Lipinski definition) is 1. The van der Waals surface area contributed by atoms with Gasteiger partial charge in [-0.2, -0.15) is 0 Å². The Hall–Kier alpha value is 3.49. The zero-order chi connectivity index (χ0) is 2.00. The molecule has 0 saturated heterocycles. The minimum absolute atomic E-state index is 0. The van der Waals surface area contributed by atoms with E-state index in [0.29, 0.717) is 0 Å². The molecule has 0 aromatic rings. The van der Waals surface area contributed by atoms with Crippen LogP contribution in [0.2, 0.25) is 0 Å². The van der Waals surface area contributed by atoms with Gasteiger partial charge in [-0.1, -0.05) is 0 Å². The van der Waals surface area contributed by atoms with Crippen molar-refractivity contribution >= 4 is 45.5 Å². The van der Waals surface area contributed by atoms with Gasteiger partial charge >= 0.3 is 19.3 Å². The van der Waals surface area contributed by atoms with E-state index in [2.05, 4.69) is 15.4 Å². The van der Waals surface area contributed by atoms with Crippen molar-refractivity contribution in [3.63, 3.8) is 0 Å². The first-order chi connectivity index (χ1) is 1.00. The average molecular weight is 356 g/mol. The minimum atomic E-state index is 0. The van der Waals surface area contributed by atoms with E-state index in [9.17, 15) is 0 Å². The molecule has 0 rings (SSSR count). The Balaban J connectivity index is -0.00000000167. The first-order valence-electron chi connectivity index (χ1n) is 0.129. The van der Waals surface area contributed by atoms with Crippen LogP contribution in [-0.2, 0) is 36.4 Å². The molecule has 4 radical (unpaired) electrons. The quantitative estimate of drug-likeness (QED) is 0.535. The van der Waals surface area contributed by atoms with E-state index >= 15 is 0 Å². The SMILES string of the molecule is [La].[Mn].[O]=[Ni].[Sr]. The van der Waals surface area contributed by atoms with Gasteiger partial charge in [0.15, 0.2) is 0 Å². The maximum Gasteiger partial charge on any atom is 0 e. The molecule has 0 aliphatic rings. The number of hydrogen-bond donors (Lipinski definition) is 0. The normalized spacial score (nSPS) is 1.20. The fourth-order valence-corrected chi connectivity index (χ4v) is 0. The summed E-state index contributed by atoms with van der Waals surface area (Å²) in [6.45, 7) is 0. The summed E-state index contributed by atoms with van der Waals surface area (Å²) in [5.74, 6) is 0. The molecule has 0 N–H and O–H groups in total. The van der Waals surface area contributed by atoms with Gasteiger partial charge in [0.2, 0.25) is 0 Å². The van der Waals surface area contributed by atoms with Crippen LogP contribution in [0, 0.1) is 35.6 Å². The Morgan fingerprint density at radius 2 is 1.20 bits per heavy atom. The van der Waals surface area contributed by atoms with E-state index in [4.69, 9.17) is 3.90 Å². The van der Waals surface area contributed by atoms with Crippen LogP contribution >= 0.6 is 0 Å². The Morgan fingerprint density at radius 3 is 1.20 bits per heavy atom. The van der Waals surface area contributed by atoms with Crippen molar-refractivity contribution in [1.82, 2.24) is 0 Å². The molecule has 28 valence electrons. The standard InChI is InChI=1S/La.Mn.Ni.O.Sr. The van der Waals surface area contributed by atoms with E-state index in [1.165, 1.54) is 0 Å². The van der Waals surface area contributed by atoms with Crippen LogP contribution < -0.4 is 0 Å². The first kappa shape index (κ1) is 23.6. The van der Waals surface area contributed by atoms with Crippen molar-refractivity contribution in [2.75, 3.05) is 0 Å². The zero-order valence-electron chi connectivity index (χ0n) is 2.39. The Labute approximate surface area is 114 Å². The van der Waals surface area contributed by atoms with Gasteiger partial charge < -0.3 is 0 Å². The van der Waals surface area contributed by atoms with Crippen molar-refractivity contribution in [2.45, 2.75) is 0 Å². The van der Waals surface area contributed by atoms with Gasteiger partial charge in [0.1, 0.15) is 0 Å². The van der Waals surface area contributed by atoms with E-state index in [0.717, 1.165) is 0 Å². The fraction of sp³-hybridized carbons (Fsp3) is 0. The average Bonchev–Trinajstić information content (AvgIpc) is 1.00. The smallest absolute Gasteiger partial charge is 0 e.